The van der Waals surface area contributed by atoms with E-state index in [2.05, 4.69) is 15.3 Å². The van der Waals surface area contributed by atoms with Crippen LogP contribution in [0.3, 0.4) is 0 Å². The van der Waals surface area contributed by atoms with Crippen molar-refractivity contribution in [1.29, 1.82) is 0 Å². The van der Waals surface area contributed by atoms with E-state index in [0.29, 0.717) is 16.4 Å². The lowest BCUT2D eigenvalue weighted by Gasteiger charge is -2.05. The summed E-state index contributed by atoms with van der Waals surface area (Å²) in [7, 11) is 0. The Morgan fingerprint density at radius 1 is 1.37 bits per heavy atom. The van der Waals surface area contributed by atoms with Crippen LogP contribution in [0.1, 0.15) is 4.88 Å². The van der Waals surface area contributed by atoms with E-state index in [1.54, 1.807) is 12.4 Å². The SMILES string of the molecule is O=c1[nH]ccc2ccc(NCc3cnc(Cl)s3)cc12. The standard InChI is InChI=1S/C13H10ClN3OS/c14-13-17-7-10(19-13)6-16-9-2-1-8-3-4-15-12(18)11(8)5-9/h1-5,7,16H,6H2,(H,15,18). The molecule has 0 spiro atoms. The first-order chi connectivity index (χ1) is 9.22. The van der Waals surface area contributed by atoms with Crippen molar-refractivity contribution < 1.29 is 0 Å². The Labute approximate surface area is 118 Å². The predicted octanol–water partition coefficient (Wildman–Crippen LogP) is 3.25. The maximum Gasteiger partial charge on any atom is 0.255 e. The summed E-state index contributed by atoms with van der Waals surface area (Å²) in [6, 6.07) is 7.59. The van der Waals surface area contributed by atoms with E-state index in [0.717, 1.165) is 16.0 Å². The topological polar surface area (TPSA) is 57.8 Å². The molecule has 6 heteroatoms. The lowest BCUT2D eigenvalue weighted by molar-refractivity contribution is 1.17. The third kappa shape index (κ3) is 2.62. The Bertz CT molecular complexity index is 781. The number of nitrogens with one attached hydrogen (secondary N) is 2. The summed E-state index contributed by atoms with van der Waals surface area (Å²) in [5, 5.41) is 4.85. The highest BCUT2D eigenvalue weighted by molar-refractivity contribution is 7.15. The number of halogens is 1. The fourth-order valence-electron chi connectivity index (χ4n) is 1.85. The maximum absolute atomic E-state index is 11.7. The van der Waals surface area contributed by atoms with Gasteiger partial charge in [0.15, 0.2) is 4.47 Å². The van der Waals surface area contributed by atoms with E-state index in [4.69, 9.17) is 11.6 Å². The van der Waals surface area contributed by atoms with Crippen LogP contribution in [-0.2, 0) is 6.54 Å². The molecule has 0 amide bonds. The smallest absolute Gasteiger partial charge is 0.255 e. The van der Waals surface area contributed by atoms with Gasteiger partial charge in [-0.05, 0) is 23.6 Å². The van der Waals surface area contributed by atoms with Crippen molar-refractivity contribution in [2.24, 2.45) is 0 Å². The molecule has 0 aliphatic heterocycles. The number of nitrogens with zero attached hydrogens (tertiary/aromatic N) is 1. The van der Waals surface area contributed by atoms with Gasteiger partial charge in [-0.15, -0.1) is 11.3 Å². The molecule has 0 atom stereocenters. The summed E-state index contributed by atoms with van der Waals surface area (Å²) in [4.78, 5) is 19.4. The summed E-state index contributed by atoms with van der Waals surface area (Å²) < 4.78 is 0.534. The van der Waals surface area contributed by atoms with Gasteiger partial charge < -0.3 is 10.3 Å². The van der Waals surface area contributed by atoms with Gasteiger partial charge in [-0.25, -0.2) is 4.98 Å². The zero-order chi connectivity index (χ0) is 13.2. The number of aromatic nitrogens is 2. The number of aromatic amines is 1. The number of rotatable bonds is 3. The minimum Gasteiger partial charge on any atom is -0.380 e. The Morgan fingerprint density at radius 2 is 2.26 bits per heavy atom. The van der Waals surface area contributed by atoms with Crippen molar-refractivity contribution in [2.75, 3.05) is 5.32 Å². The maximum atomic E-state index is 11.7. The van der Waals surface area contributed by atoms with E-state index in [1.807, 2.05) is 24.3 Å². The van der Waals surface area contributed by atoms with Crippen LogP contribution < -0.4 is 10.9 Å². The van der Waals surface area contributed by atoms with Crippen LogP contribution in [-0.4, -0.2) is 9.97 Å². The van der Waals surface area contributed by atoms with E-state index < -0.39 is 0 Å². The van der Waals surface area contributed by atoms with Gasteiger partial charge in [0.05, 0.1) is 6.54 Å². The largest absolute Gasteiger partial charge is 0.380 e. The quantitative estimate of drug-likeness (QED) is 0.779. The monoisotopic (exact) mass is 291 g/mol. The molecule has 0 saturated carbocycles. The van der Waals surface area contributed by atoms with Crippen molar-refractivity contribution in [1.82, 2.24) is 9.97 Å². The molecule has 3 aromatic rings. The van der Waals surface area contributed by atoms with Crippen LogP contribution in [0.2, 0.25) is 4.47 Å². The molecule has 0 unspecified atom stereocenters. The van der Waals surface area contributed by atoms with Crippen molar-refractivity contribution >= 4 is 39.4 Å². The fraction of sp³-hybridized carbons (Fsp3) is 0.0769. The summed E-state index contributed by atoms with van der Waals surface area (Å²) in [6.07, 6.45) is 3.39. The van der Waals surface area contributed by atoms with Gasteiger partial charge >= 0.3 is 0 Å². The third-order valence-corrected chi connectivity index (χ3v) is 3.88. The molecule has 2 heterocycles. The van der Waals surface area contributed by atoms with Crippen molar-refractivity contribution in [3.05, 3.63) is 56.4 Å². The lowest BCUT2D eigenvalue weighted by atomic mass is 10.1. The Kier molecular flexibility index (Phi) is 3.23. The van der Waals surface area contributed by atoms with Crippen LogP contribution in [0, 0.1) is 0 Å². The van der Waals surface area contributed by atoms with Gasteiger partial charge in [0.25, 0.3) is 5.56 Å². The zero-order valence-electron chi connectivity index (χ0n) is 9.81. The second kappa shape index (κ2) is 5.03. The molecule has 2 aromatic heterocycles. The van der Waals surface area contributed by atoms with Gasteiger partial charge in [-0.2, -0.15) is 0 Å². The second-order valence-electron chi connectivity index (χ2n) is 4.04. The number of benzene rings is 1. The molecule has 0 fully saturated rings. The highest BCUT2D eigenvalue weighted by atomic mass is 35.5. The minimum atomic E-state index is -0.0815. The number of hydrogen-bond donors (Lipinski definition) is 2. The highest BCUT2D eigenvalue weighted by Gasteiger charge is 2.02. The fourth-order valence-corrected chi connectivity index (χ4v) is 2.77. The van der Waals surface area contributed by atoms with Crippen LogP contribution >= 0.6 is 22.9 Å². The van der Waals surface area contributed by atoms with Gasteiger partial charge in [0.1, 0.15) is 0 Å². The van der Waals surface area contributed by atoms with Crippen molar-refractivity contribution in [3.8, 4) is 0 Å². The Hall–Kier alpha value is -1.85. The number of anilines is 1. The first-order valence-electron chi connectivity index (χ1n) is 5.68. The van der Waals surface area contributed by atoms with Gasteiger partial charge in [0, 0.05) is 28.3 Å². The van der Waals surface area contributed by atoms with Gasteiger partial charge in [-0.1, -0.05) is 17.7 Å². The molecule has 1 aromatic carbocycles. The van der Waals surface area contributed by atoms with Gasteiger partial charge in [-0.3, -0.25) is 4.79 Å². The van der Waals surface area contributed by atoms with Crippen LogP contribution in [0.5, 0.6) is 0 Å². The molecule has 0 radical (unpaired) electrons. The molecule has 2 N–H and O–H groups in total. The second-order valence-corrected chi connectivity index (χ2v) is 5.74. The van der Waals surface area contributed by atoms with Crippen molar-refractivity contribution in [3.63, 3.8) is 0 Å². The minimum absolute atomic E-state index is 0.0815. The number of thiazole rings is 1. The number of pyridine rings is 1. The molecule has 0 saturated heterocycles. The summed E-state index contributed by atoms with van der Waals surface area (Å²) in [5.74, 6) is 0. The Morgan fingerprint density at radius 3 is 3.05 bits per heavy atom. The third-order valence-electron chi connectivity index (χ3n) is 2.77. The highest BCUT2D eigenvalue weighted by Crippen LogP contribution is 2.20. The average Bonchev–Trinajstić information content (AvgIpc) is 2.83. The number of H-pyrrole nitrogens is 1. The molecule has 4 nitrogen and oxygen atoms in total. The van der Waals surface area contributed by atoms with Crippen molar-refractivity contribution in [2.45, 2.75) is 6.54 Å². The summed E-state index contributed by atoms with van der Waals surface area (Å²) >= 11 is 7.21. The Balaban J connectivity index is 1.85. The molecular weight excluding hydrogens is 282 g/mol. The number of fused-ring (bicyclic) bond motifs is 1. The van der Waals surface area contributed by atoms with Crippen LogP contribution in [0.4, 0.5) is 5.69 Å². The molecular formula is C13H10ClN3OS. The average molecular weight is 292 g/mol. The molecule has 0 aliphatic carbocycles. The van der Waals surface area contributed by atoms with E-state index >= 15 is 0 Å². The van der Waals surface area contributed by atoms with E-state index in [9.17, 15) is 4.79 Å². The molecule has 19 heavy (non-hydrogen) atoms. The van der Waals surface area contributed by atoms with Gasteiger partial charge in [0.2, 0.25) is 0 Å². The zero-order valence-corrected chi connectivity index (χ0v) is 11.4. The molecule has 3 rings (SSSR count). The summed E-state index contributed by atoms with van der Waals surface area (Å²) in [5.41, 5.74) is 0.815. The number of hydrogen-bond acceptors (Lipinski definition) is 4. The molecule has 96 valence electrons. The molecule has 0 aliphatic rings. The molecule has 0 bridgehead atoms. The lowest BCUT2D eigenvalue weighted by Crippen LogP contribution is -2.05. The first-order valence-corrected chi connectivity index (χ1v) is 6.87. The van der Waals surface area contributed by atoms with Crippen LogP contribution in [0.25, 0.3) is 10.8 Å². The van der Waals surface area contributed by atoms with E-state index in [1.165, 1.54) is 11.3 Å². The van der Waals surface area contributed by atoms with E-state index in [-0.39, 0.29) is 5.56 Å². The van der Waals surface area contributed by atoms with Crippen LogP contribution in [0.15, 0.2) is 41.5 Å². The normalized spacial score (nSPS) is 10.8. The summed E-state index contributed by atoms with van der Waals surface area (Å²) in [6.45, 7) is 0.640. The first kappa shape index (κ1) is 12.2. The predicted molar refractivity (Wildman–Crippen MR) is 79.0 cm³/mol.